The maximum absolute atomic E-state index is 12.5. The van der Waals surface area contributed by atoms with Gasteiger partial charge in [-0.25, -0.2) is 8.42 Å². The largest absolute Gasteiger partial charge is 0.369 e. The number of ketones is 1. The fourth-order valence-corrected chi connectivity index (χ4v) is 3.78. The molecule has 10 nitrogen and oxygen atoms in total. The van der Waals surface area contributed by atoms with Crippen molar-refractivity contribution in [3.05, 3.63) is 11.7 Å². The average molecular weight is 417 g/mol. The highest BCUT2D eigenvalue weighted by Crippen LogP contribution is 2.19. The van der Waals surface area contributed by atoms with Crippen LogP contribution in [0.4, 0.5) is 0 Å². The maximum atomic E-state index is 12.5. The van der Waals surface area contributed by atoms with Crippen molar-refractivity contribution >= 4 is 27.4 Å². The molecule has 0 aliphatic carbocycles. The van der Waals surface area contributed by atoms with Crippen molar-refractivity contribution in [3.8, 4) is 0 Å². The zero-order chi connectivity index (χ0) is 21.7. The quantitative estimate of drug-likeness (QED) is 0.517. The van der Waals surface area contributed by atoms with Crippen molar-refractivity contribution in [2.45, 2.75) is 58.9 Å². The molecule has 2 unspecified atom stereocenters. The summed E-state index contributed by atoms with van der Waals surface area (Å²) in [6, 6.07) is -0.909. The van der Waals surface area contributed by atoms with Crippen LogP contribution in [0.3, 0.4) is 0 Å². The van der Waals surface area contributed by atoms with Crippen molar-refractivity contribution in [2.75, 3.05) is 11.5 Å². The van der Waals surface area contributed by atoms with E-state index in [1.165, 1.54) is 6.92 Å². The second-order valence-electron chi connectivity index (χ2n) is 7.73. The first kappa shape index (κ1) is 23.7. The zero-order valence-electron chi connectivity index (χ0n) is 16.8. The van der Waals surface area contributed by atoms with Crippen LogP contribution < -0.4 is 11.1 Å². The van der Waals surface area contributed by atoms with E-state index < -0.39 is 56.3 Å². The van der Waals surface area contributed by atoms with E-state index in [4.69, 9.17) is 10.3 Å². The predicted molar refractivity (Wildman–Crippen MR) is 101 cm³/mol. The van der Waals surface area contributed by atoms with Crippen LogP contribution in [0.2, 0.25) is 0 Å². The SMILES string of the molecule is CCC(NC(=O)CCS(=O)(=O)CC(C)C(N)=O)C(=O)c1nc(C(C)(C)C)no1. The number of nitrogens with zero attached hydrogens (tertiary/aromatic N) is 2. The molecule has 11 heteroatoms. The Hall–Kier alpha value is -2.30. The number of aromatic nitrogens is 2. The van der Waals surface area contributed by atoms with Gasteiger partial charge in [-0.2, -0.15) is 4.98 Å². The minimum atomic E-state index is -3.64. The molecule has 0 saturated carbocycles. The van der Waals surface area contributed by atoms with Gasteiger partial charge in [-0.1, -0.05) is 39.8 Å². The van der Waals surface area contributed by atoms with E-state index in [-0.39, 0.29) is 18.7 Å². The van der Waals surface area contributed by atoms with Gasteiger partial charge in [0.2, 0.25) is 17.6 Å². The fourth-order valence-electron chi connectivity index (χ4n) is 2.19. The molecule has 1 rings (SSSR count). The molecule has 2 atom stereocenters. The Balaban J connectivity index is 2.69. The van der Waals surface area contributed by atoms with Gasteiger partial charge in [0, 0.05) is 17.8 Å². The summed E-state index contributed by atoms with van der Waals surface area (Å²) in [5.41, 5.74) is 4.66. The molecule has 3 N–H and O–H groups in total. The number of sulfone groups is 1. The zero-order valence-corrected chi connectivity index (χ0v) is 17.6. The molecule has 158 valence electrons. The van der Waals surface area contributed by atoms with Crippen molar-refractivity contribution in [1.82, 2.24) is 15.5 Å². The van der Waals surface area contributed by atoms with Gasteiger partial charge >= 0.3 is 0 Å². The molecule has 1 aromatic rings. The number of carbonyl (C=O) groups excluding carboxylic acids is 3. The molecule has 0 radical (unpaired) electrons. The van der Waals surface area contributed by atoms with Gasteiger partial charge in [-0.05, 0) is 6.42 Å². The molecular formula is C17H28N4O6S. The van der Waals surface area contributed by atoms with E-state index >= 15 is 0 Å². The van der Waals surface area contributed by atoms with E-state index in [2.05, 4.69) is 15.5 Å². The Kier molecular flexibility index (Phi) is 7.85. The van der Waals surface area contributed by atoms with Gasteiger partial charge in [0.1, 0.15) is 0 Å². The summed E-state index contributed by atoms with van der Waals surface area (Å²) in [6.07, 6.45) is -0.0715. The van der Waals surface area contributed by atoms with E-state index in [0.717, 1.165) is 0 Å². The summed E-state index contributed by atoms with van der Waals surface area (Å²) < 4.78 is 28.9. The van der Waals surface area contributed by atoms with Crippen molar-refractivity contribution in [1.29, 1.82) is 0 Å². The number of hydrogen-bond acceptors (Lipinski definition) is 8. The first-order valence-electron chi connectivity index (χ1n) is 8.94. The van der Waals surface area contributed by atoms with Gasteiger partial charge in [-0.15, -0.1) is 0 Å². The van der Waals surface area contributed by atoms with Crippen LogP contribution >= 0.6 is 0 Å². The number of nitrogens with one attached hydrogen (secondary N) is 1. The number of primary amides is 1. The van der Waals surface area contributed by atoms with Gasteiger partial charge in [0.25, 0.3) is 5.89 Å². The predicted octanol–water partition coefficient (Wildman–Crippen LogP) is 0.371. The van der Waals surface area contributed by atoms with E-state index in [0.29, 0.717) is 5.82 Å². The Morgan fingerprint density at radius 1 is 1.25 bits per heavy atom. The van der Waals surface area contributed by atoms with Crippen LogP contribution in [0, 0.1) is 5.92 Å². The molecule has 2 amide bonds. The highest BCUT2D eigenvalue weighted by Gasteiger charge is 2.29. The third kappa shape index (κ3) is 7.02. The fraction of sp³-hybridized carbons (Fsp3) is 0.706. The molecule has 0 spiro atoms. The van der Waals surface area contributed by atoms with Crippen LogP contribution in [0.1, 0.15) is 64.0 Å². The topological polar surface area (TPSA) is 162 Å². The number of hydrogen-bond donors (Lipinski definition) is 2. The van der Waals surface area contributed by atoms with Gasteiger partial charge in [-0.3, -0.25) is 14.4 Å². The standard InChI is InChI=1S/C17H28N4O6S/c1-6-11(13(23)15-20-16(21-27-15)17(3,4)5)19-12(22)7-8-28(25,26)9-10(2)14(18)24/h10-11H,6-9H2,1-5H3,(H2,18,24)(H,19,22). The van der Waals surface area contributed by atoms with E-state index in [1.54, 1.807) is 6.92 Å². The summed E-state index contributed by atoms with van der Waals surface area (Å²) in [6.45, 7) is 8.69. The first-order valence-corrected chi connectivity index (χ1v) is 10.8. The first-order chi connectivity index (χ1) is 12.8. The monoisotopic (exact) mass is 416 g/mol. The van der Waals surface area contributed by atoms with E-state index in [9.17, 15) is 22.8 Å². The second kappa shape index (κ2) is 9.26. The van der Waals surface area contributed by atoms with Crippen LogP contribution in [0.5, 0.6) is 0 Å². The lowest BCUT2D eigenvalue weighted by Crippen LogP contribution is -2.41. The smallest absolute Gasteiger partial charge is 0.296 e. The molecular weight excluding hydrogens is 388 g/mol. The van der Waals surface area contributed by atoms with Gasteiger partial charge in [0.15, 0.2) is 15.7 Å². The minimum Gasteiger partial charge on any atom is -0.369 e. The Morgan fingerprint density at radius 3 is 2.32 bits per heavy atom. The lowest BCUT2D eigenvalue weighted by Gasteiger charge is -2.14. The number of amides is 2. The molecule has 0 aliphatic rings. The lowest BCUT2D eigenvalue weighted by atomic mass is 9.96. The summed E-state index contributed by atoms with van der Waals surface area (Å²) in [7, 11) is -3.64. The van der Waals surface area contributed by atoms with E-state index in [1.807, 2.05) is 20.8 Å². The van der Waals surface area contributed by atoms with Crippen molar-refractivity contribution in [2.24, 2.45) is 11.7 Å². The summed E-state index contributed by atoms with van der Waals surface area (Å²) in [5, 5.41) is 6.27. The third-order valence-electron chi connectivity index (χ3n) is 4.00. The lowest BCUT2D eigenvalue weighted by molar-refractivity contribution is -0.121. The molecule has 0 fully saturated rings. The molecule has 0 aromatic carbocycles. The minimum absolute atomic E-state index is 0.208. The Morgan fingerprint density at radius 2 is 1.86 bits per heavy atom. The number of carbonyl (C=O) groups is 3. The Labute approximate surface area is 164 Å². The Bertz CT molecular complexity index is 825. The third-order valence-corrected chi connectivity index (χ3v) is 5.83. The molecule has 0 saturated heterocycles. The van der Waals surface area contributed by atoms with Gasteiger partial charge in [0.05, 0.1) is 17.5 Å². The summed E-state index contributed by atoms with van der Waals surface area (Å²) in [5.74, 6) is -3.42. The molecule has 0 aliphatic heterocycles. The number of Topliss-reactive ketones (excluding diaryl/α,β-unsaturated/α-hetero) is 1. The van der Waals surface area contributed by atoms with Crippen LogP contribution in [0.25, 0.3) is 0 Å². The van der Waals surface area contributed by atoms with Crippen molar-refractivity contribution < 1.29 is 27.3 Å². The molecule has 1 aromatic heterocycles. The highest BCUT2D eigenvalue weighted by molar-refractivity contribution is 7.91. The molecule has 28 heavy (non-hydrogen) atoms. The number of nitrogens with two attached hydrogens (primary N) is 1. The van der Waals surface area contributed by atoms with Crippen LogP contribution in [-0.4, -0.2) is 53.7 Å². The van der Waals surface area contributed by atoms with Gasteiger partial charge < -0.3 is 15.6 Å². The summed E-state index contributed by atoms with van der Waals surface area (Å²) in [4.78, 5) is 39.7. The summed E-state index contributed by atoms with van der Waals surface area (Å²) >= 11 is 0. The van der Waals surface area contributed by atoms with Crippen LogP contribution in [0.15, 0.2) is 4.52 Å². The number of rotatable bonds is 10. The maximum Gasteiger partial charge on any atom is 0.296 e. The second-order valence-corrected chi connectivity index (χ2v) is 9.96. The normalized spacial score (nSPS) is 14.3. The molecule has 1 heterocycles. The van der Waals surface area contributed by atoms with Crippen LogP contribution in [-0.2, 0) is 24.8 Å². The molecule has 0 bridgehead atoms. The highest BCUT2D eigenvalue weighted by atomic mass is 32.2. The van der Waals surface area contributed by atoms with Crippen molar-refractivity contribution in [3.63, 3.8) is 0 Å². The average Bonchev–Trinajstić information content (AvgIpc) is 3.07.